The van der Waals surface area contributed by atoms with Crippen molar-refractivity contribution in [1.82, 2.24) is 4.90 Å². The van der Waals surface area contributed by atoms with Crippen molar-refractivity contribution in [2.45, 2.75) is 11.8 Å². The molecular weight excluding hydrogens is 322 g/mol. The van der Waals surface area contributed by atoms with Gasteiger partial charge in [0.25, 0.3) is 0 Å². The molecule has 0 spiro atoms. The molecular formula is C23H21NO2. The summed E-state index contributed by atoms with van der Waals surface area (Å²) in [6, 6.07) is 20.0. The molecule has 1 aliphatic heterocycles. The first kappa shape index (κ1) is 16.5. The second-order valence-electron chi connectivity index (χ2n) is 6.89. The summed E-state index contributed by atoms with van der Waals surface area (Å²) in [6.07, 6.45) is 5.84. The summed E-state index contributed by atoms with van der Waals surface area (Å²) in [5.74, 6) is -1.04. The van der Waals surface area contributed by atoms with Gasteiger partial charge in [-0.15, -0.1) is 6.58 Å². The van der Waals surface area contributed by atoms with E-state index in [-0.39, 0.29) is 42.0 Å². The van der Waals surface area contributed by atoms with Crippen LogP contribution in [0.3, 0.4) is 0 Å². The van der Waals surface area contributed by atoms with Gasteiger partial charge >= 0.3 is 0 Å². The van der Waals surface area contributed by atoms with Gasteiger partial charge in [-0.3, -0.25) is 14.5 Å². The average Bonchev–Trinajstić information content (AvgIpc) is 2.95. The second kappa shape index (κ2) is 6.75. The van der Waals surface area contributed by atoms with Crippen molar-refractivity contribution in [3.63, 3.8) is 0 Å². The molecule has 26 heavy (non-hydrogen) atoms. The van der Waals surface area contributed by atoms with E-state index in [2.05, 4.69) is 18.7 Å². The Morgan fingerprint density at radius 3 is 1.58 bits per heavy atom. The van der Waals surface area contributed by atoms with Gasteiger partial charge in [-0.05, 0) is 11.1 Å². The van der Waals surface area contributed by atoms with E-state index in [4.69, 9.17) is 0 Å². The number of benzene rings is 2. The van der Waals surface area contributed by atoms with Crippen LogP contribution in [0.1, 0.15) is 23.0 Å². The number of likely N-dealkylation sites (tertiary alicyclic amines) is 1. The minimum Gasteiger partial charge on any atom is -0.278 e. The van der Waals surface area contributed by atoms with Gasteiger partial charge in [-0.2, -0.15) is 0 Å². The maximum atomic E-state index is 13.1. The molecule has 130 valence electrons. The predicted molar refractivity (Wildman–Crippen MR) is 101 cm³/mol. The highest BCUT2D eigenvalue weighted by Gasteiger charge is 2.54. The minimum absolute atomic E-state index is 0.0765. The molecule has 0 N–H and O–H groups in total. The van der Waals surface area contributed by atoms with Gasteiger partial charge in [-0.1, -0.05) is 78.9 Å². The largest absolute Gasteiger partial charge is 0.278 e. The smallest absolute Gasteiger partial charge is 0.234 e. The van der Waals surface area contributed by atoms with Crippen LogP contribution in [0.5, 0.6) is 0 Å². The number of hydrogen-bond acceptors (Lipinski definition) is 2. The van der Waals surface area contributed by atoms with Crippen LogP contribution in [0.15, 0.2) is 85.5 Å². The Bertz CT molecular complexity index is 789. The van der Waals surface area contributed by atoms with Crippen LogP contribution >= 0.6 is 0 Å². The summed E-state index contributed by atoms with van der Waals surface area (Å²) in [4.78, 5) is 27.6. The first-order chi connectivity index (χ1) is 12.7. The summed E-state index contributed by atoms with van der Waals surface area (Å²) in [5.41, 5.74) is 2.15. The Morgan fingerprint density at radius 1 is 0.769 bits per heavy atom. The van der Waals surface area contributed by atoms with E-state index in [9.17, 15) is 9.59 Å². The minimum atomic E-state index is -0.361. The summed E-state index contributed by atoms with van der Waals surface area (Å²) in [5, 5.41) is 0. The number of rotatable bonds is 4. The fourth-order valence-electron chi connectivity index (χ4n) is 4.30. The lowest BCUT2D eigenvalue weighted by molar-refractivity contribution is -0.139. The van der Waals surface area contributed by atoms with Gasteiger partial charge in [0, 0.05) is 18.4 Å². The fourth-order valence-corrected chi connectivity index (χ4v) is 4.30. The Kier molecular flexibility index (Phi) is 4.29. The number of hydrogen-bond donors (Lipinski definition) is 0. The Morgan fingerprint density at radius 2 is 1.19 bits per heavy atom. The van der Waals surface area contributed by atoms with E-state index in [0.717, 1.165) is 11.1 Å². The molecule has 3 heteroatoms. The zero-order valence-electron chi connectivity index (χ0n) is 14.5. The number of amides is 2. The monoisotopic (exact) mass is 343 g/mol. The second-order valence-corrected chi connectivity index (χ2v) is 6.89. The Balaban J connectivity index is 1.81. The molecule has 0 radical (unpaired) electrons. The molecule has 3 nitrogen and oxygen atoms in total. The van der Waals surface area contributed by atoms with Crippen molar-refractivity contribution in [2.75, 3.05) is 6.54 Å². The highest BCUT2D eigenvalue weighted by atomic mass is 16.2. The first-order valence-corrected chi connectivity index (χ1v) is 8.96. The van der Waals surface area contributed by atoms with Crippen molar-refractivity contribution in [2.24, 2.45) is 11.8 Å². The molecule has 4 atom stereocenters. The average molecular weight is 343 g/mol. The fraction of sp³-hybridized carbons (Fsp3) is 0.217. The lowest BCUT2D eigenvalue weighted by Gasteiger charge is -2.32. The molecule has 4 rings (SSSR count). The molecule has 1 fully saturated rings. The third kappa shape index (κ3) is 2.60. The third-order valence-electron chi connectivity index (χ3n) is 5.47. The summed E-state index contributed by atoms with van der Waals surface area (Å²) in [7, 11) is 0. The number of imide groups is 1. The van der Waals surface area contributed by atoms with E-state index in [1.165, 1.54) is 4.90 Å². The maximum Gasteiger partial charge on any atom is 0.234 e. The number of fused-ring (bicyclic) bond motifs is 1. The van der Waals surface area contributed by atoms with E-state index >= 15 is 0 Å². The molecule has 2 aromatic carbocycles. The van der Waals surface area contributed by atoms with Crippen LogP contribution in [-0.2, 0) is 9.59 Å². The molecule has 1 heterocycles. The van der Waals surface area contributed by atoms with Crippen molar-refractivity contribution in [1.29, 1.82) is 0 Å². The van der Waals surface area contributed by atoms with Crippen LogP contribution in [0.4, 0.5) is 0 Å². The molecule has 2 aromatic rings. The molecule has 1 aliphatic carbocycles. The number of carbonyl (C=O) groups excluding carboxylic acids is 2. The molecule has 0 unspecified atom stereocenters. The molecule has 1 saturated heterocycles. The van der Waals surface area contributed by atoms with Crippen LogP contribution in [0.2, 0.25) is 0 Å². The van der Waals surface area contributed by atoms with E-state index < -0.39 is 0 Å². The van der Waals surface area contributed by atoms with Crippen molar-refractivity contribution in [3.05, 3.63) is 96.6 Å². The van der Waals surface area contributed by atoms with Crippen LogP contribution < -0.4 is 0 Å². The van der Waals surface area contributed by atoms with Crippen LogP contribution in [-0.4, -0.2) is 23.3 Å². The molecule has 2 aliphatic rings. The number of nitrogens with zero attached hydrogens (tertiary/aromatic N) is 1. The number of carbonyl (C=O) groups is 2. The quantitative estimate of drug-likeness (QED) is 0.623. The van der Waals surface area contributed by atoms with Gasteiger partial charge in [0.15, 0.2) is 0 Å². The highest BCUT2D eigenvalue weighted by Crippen LogP contribution is 2.49. The van der Waals surface area contributed by atoms with Crippen LogP contribution in [0, 0.1) is 11.8 Å². The Hall–Kier alpha value is -2.94. The van der Waals surface area contributed by atoms with Gasteiger partial charge in [-0.25, -0.2) is 0 Å². The van der Waals surface area contributed by atoms with Gasteiger partial charge in [0.2, 0.25) is 11.8 Å². The standard InChI is InChI=1S/C23H21NO2/c1-2-15-24-22(25)20-18(16-9-5-3-6-10-16)13-14-19(21(20)23(24)26)17-11-7-4-8-12-17/h2-14,18-21H,1,15H2/t18-,19-,20+,21+/m0/s1. The van der Waals surface area contributed by atoms with Crippen LogP contribution in [0.25, 0.3) is 0 Å². The molecule has 0 bridgehead atoms. The van der Waals surface area contributed by atoms with E-state index in [1.807, 2.05) is 60.7 Å². The number of allylic oxidation sites excluding steroid dienone is 2. The summed E-state index contributed by atoms with van der Waals surface area (Å²) >= 11 is 0. The van der Waals surface area contributed by atoms with Gasteiger partial charge in [0.1, 0.15) is 0 Å². The van der Waals surface area contributed by atoms with E-state index in [1.54, 1.807) is 6.08 Å². The van der Waals surface area contributed by atoms with Crippen molar-refractivity contribution < 1.29 is 9.59 Å². The normalized spacial score (nSPS) is 27.5. The lowest BCUT2D eigenvalue weighted by atomic mass is 9.68. The SMILES string of the molecule is C=CCN1C(=O)[C@H]2[C@H](C1=O)[C@H](c1ccccc1)C=C[C@H]2c1ccccc1. The zero-order chi connectivity index (χ0) is 18.1. The lowest BCUT2D eigenvalue weighted by Crippen LogP contribution is -2.31. The van der Waals surface area contributed by atoms with Crippen molar-refractivity contribution in [3.8, 4) is 0 Å². The molecule has 0 saturated carbocycles. The molecule has 0 aromatic heterocycles. The summed E-state index contributed by atoms with van der Waals surface area (Å²) in [6.45, 7) is 3.97. The summed E-state index contributed by atoms with van der Waals surface area (Å²) < 4.78 is 0. The molecule has 2 amide bonds. The van der Waals surface area contributed by atoms with Crippen molar-refractivity contribution >= 4 is 11.8 Å². The van der Waals surface area contributed by atoms with E-state index in [0.29, 0.717) is 0 Å². The maximum absolute atomic E-state index is 13.1. The first-order valence-electron chi connectivity index (χ1n) is 8.96. The topological polar surface area (TPSA) is 37.4 Å². The zero-order valence-corrected chi connectivity index (χ0v) is 14.5. The van der Waals surface area contributed by atoms with Gasteiger partial charge in [0.05, 0.1) is 11.8 Å². The highest BCUT2D eigenvalue weighted by molar-refractivity contribution is 6.06. The third-order valence-corrected chi connectivity index (χ3v) is 5.47. The Labute approximate surface area is 153 Å². The predicted octanol–water partition coefficient (Wildman–Crippen LogP) is 3.91. The van der Waals surface area contributed by atoms with Gasteiger partial charge < -0.3 is 0 Å².